The Morgan fingerprint density at radius 1 is 1.35 bits per heavy atom. The summed E-state index contributed by atoms with van der Waals surface area (Å²) in [4.78, 5) is 13.8. The first-order chi connectivity index (χ1) is 9.47. The molecule has 0 saturated heterocycles. The molecule has 6 heteroatoms. The molecular formula is C14H20F2N2O2. The maximum atomic E-state index is 13.8. The van der Waals surface area contributed by atoms with Gasteiger partial charge in [0.25, 0.3) is 0 Å². The van der Waals surface area contributed by atoms with E-state index in [0.717, 1.165) is 12.1 Å². The van der Waals surface area contributed by atoms with E-state index in [9.17, 15) is 13.6 Å². The zero-order chi connectivity index (χ0) is 15.1. The van der Waals surface area contributed by atoms with Gasteiger partial charge in [-0.25, -0.2) is 13.6 Å². The number of benzene rings is 1. The molecule has 0 heterocycles. The van der Waals surface area contributed by atoms with E-state index in [1.165, 1.54) is 6.07 Å². The van der Waals surface area contributed by atoms with E-state index in [-0.39, 0.29) is 12.2 Å². The number of hydrogen-bond acceptors (Lipinski definition) is 4. The number of rotatable bonds is 7. The Morgan fingerprint density at radius 3 is 2.45 bits per heavy atom. The maximum Gasteiger partial charge on any atom is 0.327 e. The molecular weight excluding hydrogens is 266 g/mol. The van der Waals surface area contributed by atoms with Gasteiger partial charge in [0, 0.05) is 13.1 Å². The first-order valence-electron chi connectivity index (χ1n) is 6.46. The number of nitrogens with one attached hydrogen (secondary N) is 1. The highest BCUT2D eigenvalue weighted by Crippen LogP contribution is 2.21. The summed E-state index contributed by atoms with van der Waals surface area (Å²) in [5, 5.41) is 2.84. The zero-order valence-electron chi connectivity index (χ0n) is 12.0. The van der Waals surface area contributed by atoms with Gasteiger partial charge in [-0.15, -0.1) is 0 Å². The van der Waals surface area contributed by atoms with E-state index in [1.807, 2.05) is 19.0 Å². The van der Waals surface area contributed by atoms with Crippen molar-refractivity contribution >= 4 is 5.97 Å². The molecule has 1 N–H and O–H groups in total. The van der Waals surface area contributed by atoms with Crippen LogP contribution in [0.3, 0.4) is 0 Å². The molecule has 1 atom stereocenters. The molecule has 0 aliphatic rings. The van der Waals surface area contributed by atoms with E-state index < -0.39 is 23.6 Å². The van der Waals surface area contributed by atoms with Crippen molar-refractivity contribution in [2.24, 2.45) is 0 Å². The predicted octanol–water partition coefficient (Wildman–Crippen LogP) is 1.72. The van der Waals surface area contributed by atoms with Gasteiger partial charge in [-0.3, -0.25) is 5.32 Å². The second kappa shape index (κ2) is 7.91. The minimum absolute atomic E-state index is 0.154. The quantitative estimate of drug-likeness (QED) is 0.775. The normalized spacial score (nSPS) is 12.5. The number of esters is 1. The van der Waals surface area contributed by atoms with Crippen LogP contribution < -0.4 is 5.32 Å². The van der Waals surface area contributed by atoms with Crippen molar-refractivity contribution in [1.29, 1.82) is 0 Å². The third-order valence-corrected chi connectivity index (χ3v) is 2.72. The number of hydrogen-bond donors (Lipinski definition) is 1. The van der Waals surface area contributed by atoms with Crippen LogP contribution in [0.1, 0.15) is 18.5 Å². The van der Waals surface area contributed by atoms with Crippen molar-refractivity contribution < 1.29 is 18.3 Å². The SMILES string of the molecule is CCOC(=O)C(NCCN(C)C)c1c(F)cccc1F. The molecule has 0 radical (unpaired) electrons. The van der Waals surface area contributed by atoms with E-state index in [4.69, 9.17) is 4.74 Å². The van der Waals surface area contributed by atoms with Crippen LogP contribution in [-0.2, 0) is 9.53 Å². The summed E-state index contributed by atoms with van der Waals surface area (Å²) in [6, 6.07) is 2.36. The molecule has 0 bridgehead atoms. The molecule has 112 valence electrons. The fraction of sp³-hybridized carbons (Fsp3) is 0.500. The summed E-state index contributed by atoms with van der Waals surface area (Å²) < 4.78 is 32.5. The van der Waals surface area contributed by atoms with Crippen LogP contribution in [0.15, 0.2) is 18.2 Å². The average Bonchev–Trinajstić information content (AvgIpc) is 2.36. The molecule has 0 saturated carbocycles. The van der Waals surface area contributed by atoms with Gasteiger partial charge < -0.3 is 9.64 Å². The highest BCUT2D eigenvalue weighted by Gasteiger charge is 2.27. The van der Waals surface area contributed by atoms with Gasteiger partial charge in [0.05, 0.1) is 12.2 Å². The Hall–Kier alpha value is -1.53. The van der Waals surface area contributed by atoms with Gasteiger partial charge in [-0.1, -0.05) is 6.07 Å². The van der Waals surface area contributed by atoms with Gasteiger partial charge >= 0.3 is 5.97 Å². The standard InChI is InChI=1S/C14H20F2N2O2/c1-4-20-14(19)13(17-8-9-18(2)3)12-10(15)6-5-7-11(12)16/h5-7,13,17H,4,8-9H2,1-3H3. The molecule has 4 nitrogen and oxygen atoms in total. The van der Waals surface area contributed by atoms with Crippen molar-refractivity contribution in [2.75, 3.05) is 33.8 Å². The van der Waals surface area contributed by atoms with E-state index >= 15 is 0 Å². The van der Waals surface area contributed by atoms with Gasteiger partial charge in [0.1, 0.15) is 17.7 Å². The predicted molar refractivity (Wildman–Crippen MR) is 72.3 cm³/mol. The average molecular weight is 286 g/mol. The highest BCUT2D eigenvalue weighted by molar-refractivity contribution is 5.77. The first-order valence-corrected chi connectivity index (χ1v) is 6.46. The maximum absolute atomic E-state index is 13.8. The Kier molecular flexibility index (Phi) is 6.54. The third-order valence-electron chi connectivity index (χ3n) is 2.72. The fourth-order valence-corrected chi connectivity index (χ4v) is 1.75. The van der Waals surface area contributed by atoms with E-state index in [1.54, 1.807) is 6.92 Å². The fourth-order valence-electron chi connectivity index (χ4n) is 1.75. The largest absolute Gasteiger partial charge is 0.465 e. The lowest BCUT2D eigenvalue weighted by Gasteiger charge is -2.20. The molecule has 1 rings (SSSR count). The van der Waals surface area contributed by atoms with Crippen LogP contribution in [0.25, 0.3) is 0 Å². The van der Waals surface area contributed by atoms with Crippen molar-refractivity contribution in [1.82, 2.24) is 10.2 Å². The summed E-state index contributed by atoms with van der Waals surface area (Å²) in [5.74, 6) is -2.21. The Labute approximate surface area is 117 Å². The third kappa shape index (κ3) is 4.54. The van der Waals surface area contributed by atoms with Crippen molar-refractivity contribution in [2.45, 2.75) is 13.0 Å². The molecule has 1 aromatic carbocycles. The molecule has 0 aromatic heterocycles. The number of ether oxygens (including phenoxy) is 1. The smallest absolute Gasteiger partial charge is 0.327 e. The van der Waals surface area contributed by atoms with Crippen LogP contribution in [0, 0.1) is 11.6 Å². The van der Waals surface area contributed by atoms with Gasteiger partial charge in [0.15, 0.2) is 0 Å². The molecule has 0 aliphatic carbocycles. The molecule has 0 aliphatic heterocycles. The minimum Gasteiger partial charge on any atom is -0.465 e. The first kappa shape index (κ1) is 16.5. The van der Waals surface area contributed by atoms with Gasteiger partial charge in [-0.2, -0.15) is 0 Å². The summed E-state index contributed by atoms with van der Waals surface area (Å²) in [7, 11) is 3.73. The summed E-state index contributed by atoms with van der Waals surface area (Å²) >= 11 is 0. The van der Waals surface area contributed by atoms with E-state index in [2.05, 4.69) is 5.32 Å². The van der Waals surface area contributed by atoms with E-state index in [0.29, 0.717) is 13.1 Å². The molecule has 20 heavy (non-hydrogen) atoms. The molecule has 1 unspecified atom stereocenters. The second-order valence-electron chi connectivity index (χ2n) is 4.58. The minimum atomic E-state index is -1.14. The second-order valence-corrected chi connectivity index (χ2v) is 4.58. The number of halogens is 2. The van der Waals surface area contributed by atoms with Crippen LogP contribution in [0.4, 0.5) is 8.78 Å². The van der Waals surface area contributed by atoms with Crippen molar-refractivity contribution in [3.63, 3.8) is 0 Å². The Balaban J connectivity index is 2.94. The Morgan fingerprint density at radius 2 is 1.95 bits per heavy atom. The monoisotopic (exact) mass is 286 g/mol. The van der Waals surface area contributed by atoms with Crippen molar-refractivity contribution in [3.05, 3.63) is 35.4 Å². The lowest BCUT2D eigenvalue weighted by atomic mass is 10.1. The topological polar surface area (TPSA) is 41.6 Å². The lowest BCUT2D eigenvalue weighted by Crippen LogP contribution is -2.36. The van der Waals surface area contributed by atoms with Gasteiger partial charge in [-0.05, 0) is 33.2 Å². The number of likely N-dealkylation sites (N-methyl/N-ethyl adjacent to an activating group) is 1. The lowest BCUT2D eigenvalue weighted by molar-refractivity contribution is -0.146. The van der Waals surface area contributed by atoms with Crippen LogP contribution in [-0.4, -0.2) is 44.7 Å². The van der Waals surface area contributed by atoms with Crippen LogP contribution in [0.5, 0.6) is 0 Å². The Bertz CT molecular complexity index is 433. The molecule has 1 aromatic rings. The van der Waals surface area contributed by atoms with Crippen LogP contribution >= 0.6 is 0 Å². The number of nitrogens with zero attached hydrogens (tertiary/aromatic N) is 1. The zero-order valence-corrected chi connectivity index (χ0v) is 12.0. The number of carbonyl (C=O) groups excluding carboxylic acids is 1. The number of carbonyl (C=O) groups is 1. The summed E-state index contributed by atoms with van der Waals surface area (Å²) in [5.41, 5.74) is -0.301. The molecule has 0 amide bonds. The molecule has 0 fully saturated rings. The summed E-state index contributed by atoms with van der Waals surface area (Å²) in [6.45, 7) is 2.84. The van der Waals surface area contributed by atoms with Crippen LogP contribution in [0.2, 0.25) is 0 Å². The highest BCUT2D eigenvalue weighted by atomic mass is 19.1. The van der Waals surface area contributed by atoms with Crippen molar-refractivity contribution in [3.8, 4) is 0 Å². The molecule has 0 spiro atoms. The summed E-state index contributed by atoms with van der Waals surface area (Å²) in [6.07, 6.45) is 0. The van der Waals surface area contributed by atoms with Gasteiger partial charge in [0.2, 0.25) is 0 Å².